The van der Waals surface area contributed by atoms with Crippen molar-refractivity contribution in [3.63, 3.8) is 0 Å². The van der Waals surface area contributed by atoms with E-state index in [4.69, 9.17) is 9.84 Å². The molecule has 188 valence electrons. The van der Waals surface area contributed by atoms with Gasteiger partial charge in [-0.15, -0.1) is 0 Å². The summed E-state index contributed by atoms with van der Waals surface area (Å²) in [6.07, 6.45) is -5.45. The van der Waals surface area contributed by atoms with Crippen LogP contribution in [0.25, 0.3) is 11.1 Å². The van der Waals surface area contributed by atoms with Crippen LogP contribution < -0.4 is 10.6 Å². The average Bonchev–Trinajstić information content (AvgIpc) is 3.12. The molecular weight excluding hydrogens is 485 g/mol. The van der Waals surface area contributed by atoms with Crippen molar-refractivity contribution in [1.82, 2.24) is 10.6 Å². The number of benzene rings is 2. The van der Waals surface area contributed by atoms with Crippen molar-refractivity contribution < 1.29 is 37.4 Å². The molecule has 0 fully saturated rings. The van der Waals surface area contributed by atoms with E-state index in [1.165, 1.54) is 11.8 Å². The number of nitrogens with one attached hydrogen (secondary N) is 2. The predicted octanol–water partition coefficient (Wildman–Crippen LogP) is 4.17. The van der Waals surface area contributed by atoms with Crippen LogP contribution in [0.2, 0.25) is 0 Å². The molecule has 2 amide bonds. The number of ether oxygens (including phenoxy) is 1. The van der Waals surface area contributed by atoms with Gasteiger partial charge >= 0.3 is 18.2 Å². The van der Waals surface area contributed by atoms with E-state index in [1.807, 2.05) is 48.5 Å². The van der Waals surface area contributed by atoms with Gasteiger partial charge in [0.05, 0.1) is 6.42 Å². The first-order valence-corrected chi connectivity index (χ1v) is 12.2. The zero-order valence-corrected chi connectivity index (χ0v) is 19.6. The van der Waals surface area contributed by atoms with Crippen molar-refractivity contribution in [2.24, 2.45) is 0 Å². The molecule has 7 nitrogen and oxygen atoms in total. The molecule has 1 unspecified atom stereocenters. The summed E-state index contributed by atoms with van der Waals surface area (Å²) in [6, 6.07) is 11.5. The van der Waals surface area contributed by atoms with Crippen LogP contribution in [0, 0.1) is 0 Å². The van der Waals surface area contributed by atoms with Gasteiger partial charge in [-0.2, -0.15) is 24.9 Å². The van der Waals surface area contributed by atoms with Crippen molar-refractivity contribution in [3.8, 4) is 11.1 Å². The Morgan fingerprint density at radius 3 is 2.11 bits per heavy atom. The molecule has 35 heavy (non-hydrogen) atoms. The molecule has 0 heterocycles. The Hall–Kier alpha value is -3.21. The quantitative estimate of drug-likeness (QED) is 0.443. The lowest BCUT2D eigenvalue weighted by molar-refractivity contribution is -0.170. The maximum Gasteiger partial charge on any atom is 0.409 e. The maximum atomic E-state index is 13.2. The molecule has 11 heteroatoms. The minimum atomic E-state index is -4.96. The van der Waals surface area contributed by atoms with Gasteiger partial charge in [-0.1, -0.05) is 48.5 Å². The van der Waals surface area contributed by atoms with Gasteiger partial charge in [-0.05, 0) is 40.7 Å². The van der Waals surface area contributed by atoms with E-state index in [-0.39, 0.29) is 18.9 Å². The summed E-state index contributed by atoms with van der Waals surface area (Å²) < 4.78 is 44.9. The second-order valence-electron chi connectivity index (χ2n) is 8.00. The number of alkyl halides is 3. The second-order valence-corrected chi connectivity index (χ2v) is 8.99. The van der Waals surface area contributed by atoms with Crippen LogP contribution in [0.5, 0.6) is 0 Å². The molecule has 1 aliphatic carbocycles. The first-order chi connectivity index (χ1) is 16.6. The number of hydrogen-bond donors (Lipinski definition) is 3. The molecule has 2 aromatic carbocycles. The second kappa shape index (κ2) is 11.5. The fraction of sp³-hybridized carbons (Fsp3) is 0.375. The van der Waals surface area contributed by atoms with Gasteiger partial charge in [0, 0.05) is 5.92 Å². The molecule has 1 aliphatic rings. The van der Waals surface area contributed by atoms with Crippen molar-refractivity contribution in [2.75, 3.05) is 18.6 Å². The number of hydrogen-bond acceptors (Lipinski definition) is 5. The molecule has 2 aromatic rings. The molecule has 2 atom stereocenters. The fourth-order valence-corrected chi connectivity index (χ4v) is 4.45. The summed E-state index contributed by atoms with van der Waals surface area (Å²) in [5.41, 5.74) is 4.04. The standard InChI is InChI=1S/C24H25F3N2O5S/c1-35-11-10-19(22(32)29-20(12-21(30)31)24(25,26)27)28-23(33)34-13-18-16-8-4-2-6-14(16)15-7-3-5-9-17(15)18/h2-9,18-20H,10-13H2,1H3,(H,28,33)(H,29,32)(H,30,31)/t19-,20?/m0/s1. The number of aliphatic carboxylic acids is 1. The Bertz CT molecular complexity index is 1030. The number of halogens is 3. The fourth-order valence-electron chi connectivity index (χ4n) is 3.98. The maximum absolute atomic E-state index is 13.2. The lowest BCUT2D eigenvalue weighted by Crippen LogP contribution is -2.54. The van der Waals surface area contributed by atoms with Crippen molar-refractivity contribution >= 4 is 29.7 Å². The van der Waals surface area contributed by atoms with Gasteiger partial charge < -0.3 is 20.5 Å². The van der Waals surface area contributed by atoms with Crippen molar-refractivity contribution in [1.29, 1.82) is 0 Å². The van der Waals surface area contributed by atoms with E-state index < -0.39 is 42.7 Å². The molecular formula is C24H25F3N2O5S. The summed E-state index contributed by atoms with van der Waals surface area (Å²) >= 11 is 1.34. The van der Waals surface area contributed by atoms with Crippen molar-refractivity contribution in [2.45, 2.75) is 37.0 Å². The molecule has 0 spiro atoms. The highest BCUT2D eigenvalue weighted by Crippen LogP contribution is 2.44. The Morgan fingerprint density at radius 1 is 1.03 bits per heavy atom. The summed E-state index contributed by atoms with van der Waals surface area (Å²) in [4.78, 5) is 35.9. The highest BCUT2D eigenvalue weighted by Gasteiger charge is 2.43. The van der Waals surface area contributed by atoms with Gasteiger partial charge in [0.1, 0.15) is 18.7 Å². The molecule has 0 radical (unpaired) electrons. The third kappa shape index (κ3) is 6.68. The highest BCUT2D eigenvalue weighted by molar-refractivity contribution is 7.98. The predicted molar refractivity (Wildman–Crippen MR) is 125 cm³/mol. The normalized spacial score (nSPS) is 14.4. The van der Waals surface area contributed by atoms with Crippen molar-refractivity contribution in [3.05, 3.63) is 59.7 Å². The van der Waals surface area contributed by atoms with Crippen LogP contribution in [-0.4, -0.2) is 60.0 Å². The topological polar surface area (TPSA) is 105 Å². The van der Waals surface area contributed by atoms with Gasteiger partial charge in [-0.25, -0.2) is 4.79 Å². The van der Waals surface area contributed by atoms with Crippen LogP contribution in [0.4, 0.5) is 18.0 Å². The number of fused-ring (bicyclic) bond motifs is 3. The molecule has 3 rings (SSSR count). The van der Waals surface area contributed by atoms with E-state index in [2.05, 4.69) is 5.32 Å². The number of amides is 2. The van der Waals surface area contributed by atoms with E-state index in [9.17, 15) is 27.6 Å². The van der Waals surface area contributed by atoms with E-state index in [1.54, 1.807) is 11.6 Å². The van der Waals surface area contributed by atoms with E-state index in [0.29, 0.717) is 5.75 Å². The lowest BCUT2D eigenvalue weighted by Gasteiger charge is -2.24. The van der Waals surface area contributed by atoms with Crippen LogP contribution >= 0.6 is 11.8 Å². The van der Waals surface area contributed by atoms with Crippen LogP contribution in [-0.2, 0) is 14.3 Å². The minimum absolute atomic E-state index is 0.0269. The Morgan fingerprint density at radius 2 is 1.60 bits per heavy atom. The first kappa shape index (κ1) is 26.4. The largest absolute Gasteiger partial charge is 0.481 e. The summed E-state index contributed by atoms with van der Waals surface area (Å²) in [5.74, 6) is -2.69. The zero-order valence-electron chi connectivity index (χ0n) is 18.8. The van der Waals surface area contributed by atoms with Gasteiger partial charge in [0.25, 0.3) is 0 Å². The summed E-state index contributed by atoms with van der Waals surface area (Å²) in [7, 11) is 0. The number of thioether (sulfide) groups is 1. The zero-order chi connectivity index (χ0) is 25.6. The average molecular weight is 511 g/mol. The number of carboxylic acid groups (broad SMARTS) is 1. The number of carbonyl (C=O) groups excluding carboxylic acids is 2. The highest BCUT2D eigenvalue weighted by atomic mass is 32.2. The third-order valence-electron chi connectivity index (χ3n) is 5.65. The number of alkyl carbamates (subject to hydrolysis) is 1. The first-order valence-electron chi connectivity index (χ1n) is 10.8. The number of rotatable bonds is 10. The van der Waals surface area contributed by atoms with Crippen LogP contribution in [0.15, 0.2) is 48.5 Å². The van der Waals surface area contributed by atoms with Crippen LogP contribution in [0.3, 0.4) is 0 Å². The number of carbonyl (C=O) groups is 3. The Labute approximate surface area is 204 Å². The van der Waals surface area contributed by atoms with Gasteiger partial charge in [0.15, 0.2) is 0 Å². The van der Waals surface area contributed by atoms with Crippen LogP contribution in [0.1, 0.15) is 29.9 Å². The smallest absolute Gasteiger partial charge is 0.409 e. The van der Waals surface area contributed by atoms with Gasteiger partial charge in [-0.3, -0.25) is 9.59 Å². The molecule has 0 saturated heterocycles. The Kier molecular flexibility index (Phi) is 8.66. The molecule has 0 aliphatic heterocycles. The molecule has 0 bridgehead atoms. The van der Waals surface area contributed by atoms with E-state index in [0.717, 1.165) is 22.3 Å². The SMILES string of the molecule is CSCC[C@H](NC(=O)OCC1c2ccccc2-c2ccccc21)C(=O)NC(CC(=O)O)C(F)(F)F. The lowest BCUT2D eigenvalue weighted by atomic mass is 9.98. The summed E-state index contributed by atoms with van der Waals surface area (Å²) in [6.45, 7) is -0.0269. The van der Waals surface area contributed by atoms with Gasteiger partial charge in [0.2, 0.25) is 5.91 Å². The third-order valence-corrected chi connectivity index (χ3v) is 6.30. The molecule has 3 N–H and O–H groups in total. The molecule has 0 aromatic heterocycles. The minimum Gasteiger partial charge on any atom is -0.481 e. The Balaban J connectivity index is 1.67. The van der Waals surface area contributed by atoms with E-state index >= 15 is 0 Å². The monoisotopic (exact) mass is 510 g/mol. The molecule has 0 saturated carbocycles. The number of carboxylic acids is 1. The summed E-state index contributed by atoms with van der Waals surface area (Å²) in [5, 5.41) is 12.8.